The van der Waals surface area contributed by atoms with Crippen LogP contribution in [0, 0.1) is 0 Å². The van der Waals surface area contributed by atoms with Crippen molar-refractivity contribution >= 4 is 9.73 Å². The van der Waals surface area contributed by atoms with Crippen LogP contribution in [-0.2, 0) is 9.73 Å². The summed E-state index contributed by atoms with van der Waals surface area (Å²) in [6, 6.07) is 0.126. The average Bonchev–Trinajstić information content (AvgIpc) is 2.13. The first-order valence-corrected chi connectivity index (χ1v) is 4.88. The third-order valence-corrected chi connectivity index (χ3v) is 4.10. The molecule has 0 radical (unpaired) electrons. The number of nitrogens with two attached hydrogens (primary N) is 1. The van der Waals surface area contributed by atoms with Crippen molar-refractivity contribution in [2.45, 2.75) is 12.5 Å². The molecule has 3 nitrogen and oxygen atoms in total. The van der Waals surface area contributed by atoms with Crippen LogP contribution in [0.15, 0.2) is 4.36 Å². The second-order valence-electron chi connectivity index (χ2n) is 2.37. The maximum Gasteiger partial charge on any atom is 0.0480 e. The molecule has 2 N–H and O–H groups in total. The number of rotatable bonds is 0. The lowest BCUT2D eigenvalue weighted by atomic mass is 10.3. The van der Waals surface area contributed by atoms with E-state index in [1.165, 1.54) is 0 Å². The molecule has 0 aromatic rings. The molecular formula is C5H12N2OS. The summed E-state index contributed by atoms with van der Waals surface area (Å²) in [6.45, 7) is 0. The van der Waals surface area contributed by atoms with Crippen LogP contribution < -0.4 is 5.73 Å². The third kappa shape index (κ3) is 1.43. The van der Waals surface area contributed by atoms with Crippen LogP contribution >= 0.6 is 0 Å². The van der Waals surface area contributed by atoms with E-state index in [0.717, 1.165) is 6.42 Å². The Balaban J connectivity index is 2.79. The van der Waals surface area contributed by atoms with Gasteiger partial charge in [0.2, 0.25) is 0 Å². The van der Waals surface area contributed by atoms with Crippen LogP contribution in [0.3, 0.4) is 0 Å². The van der Waals surface area contributed by atoms with Crippen molar-refractivity contribution in [3.8, 4) is 0 Å². The van der Waals surface area contributed by atoms with Gasteiger partial charge in [-0.25, -0.2) is 8.57 Å². The number of hydrogen-bond donors (Lipinski definition) is 1. The van der Waals surface area contributed by atoms with Crippen LogP contribution in [-0.4, -0.2) is 28.8 Å². The summed E-state index contributed by atoms with van der Waals surface area (Å²) < 4.78 is 15.1. The largest absolute Gasteiger partial charge is 0.327 e. The molecule has 1 aliphatic heterocycles. The zero-order chi connectivity index (χ0) is 6.91. The standard InChI is InChI=1S/C5H12N2OS/c1-7-9(8)3-2-5(6)4-9/h5H,2-4,6H2,1H3. The van der Waals surface area contributed by atoms with Crippen molar-refractivity contribution in [1.29, 1.82) is 0 Å². The van der Waals surface area contributed by atoms with Gasteiger partial charge in [-0.05, 0) is 6.42 Å². The third-order valence-electron chi connectivity index (χ3n) is 1.61. The van der Waals surface area contributed by atoms with Gasteiger partial charge in [-0.15, -0.1) is 0 Å². The second kappa shape index (κ2) is 2.27. The Labute approximate surface area is 55.8 Å². The van der Waals surface area contributed by atoms with E-state index in [1.54, 1.807) is 7.05 Å². The fourth-order valence-electron chi connectivity index (χ4n) is 1.00. The first-order valence-electron chi connectivity index (χ1n) is 3.02. The summed E-state index contributed by atoms with van der Waals surface area (Å²) in [5, 5.41) is 0. The van der Waals surface area contributed by atoms with Gasteiger partial charge < -0.3 is 5.73 Å². The Morgan fingerprint density at radius 3 is 2.67 bits per heavy atom. The molecule has 9 heavy (non-hydrogen) atoms. The van der Waals surface area contributed by atoms with Crippen LogP contribution in [0.4, 0.5) is 0 Å². The minimum Gasteiger partial charge on any atom is -0.327 e. The molecule has 1 heterocycles. The molecule has 0 spiro atoms. The molecule has 0 amide bonds. The van der Waals surface area contributed by atoms with E-state index >= 15 is 0 Å². The molecule has 1 rings (SSSR count). The van der Waals surface area contributed by atoms with E-state index in [-0.39, 0.29) is 6.04 Å². The van der Waals surface area contributed by atoms with E-state index in [1.807, 2.05) is 0 Å². The van der Waals surface area contributed by atoms with E-state index in [9.17, 15) is 4.21 Å². The maximum absolute atomic E-state index is 11.3. The molecule has 2 atom stereocenters. The van der Waals surface area contributed by atoms with Gasteiger partial charge in [0.1, 0.15) is 0 Å². The first kappa shape index (κ1) is 7.02. The normalized spacial score (nSPS) is 43.1. The molecule has 4 heteroatoms. The van der Waals surface area contributed by atoms with Crippen molar-refractivity contribution in [1.82, 2.24) is 0 Å². The lowest BCUT2D eigenvalue weighted by Crippen LogP contribution is -2.20. The minimum absolute atomic E-state index is 0.126. The van der Waals surface area contributed by atoms with E-state index in [2.05, 4.69) is 4.36 Å². The van der Waals surface area contributed by atoms with E-state index in [0.29, 0.717) is 11.5 Å². The highest BCUT2D eigenvalue weighted by Crippen LogP contribution is 2.11. The lowest BCUT2D eigenvalue weighted by Gasteiger charge is -1.96. The van der Waals surface area contributed by atoms with Crippen molar-refractivity contribution in [2.24, 2.45) is 10.1 Å². The Hall–Kier alpha value is -0.0900. The van der Waals surface area contributed by atoms with Crippen LogP contribution in [0.1, 0.15) is 6.42 Å². The molecule has 1 fully saturated rings. The van der Waals surface area contributed by atoms with Gasteiger partial charge in [0, 0.05) is 34.3 Å². The Kier molecular flexibility index (Phi) is 1.77. The van der Waals surface area contributed by atoms with Gasteiger partial charge in [0.25, 0.3) is 0 Å². The van der Waals surface area contributed by atoms with Gasteiger partial charge >= 0.3 is 0 Å². The fourth-order valence-corrected chi connectivity index (χ4v) is 3.01. The second-order valence-corrected chi connectivity index (χ2v) is 5.03. The molecule has 54 valence electrons. The summed E-state index contributed by atoms with van der Waals surface area (Å²) in [5.74, 6) is 1.30. The molecule has 0 aromatic carbocycles. The van der Waals surface area contributed by atoms with Crippen molar-refractivity contribution in [3.05, 3.63) is 0 Å². The molecule has 1 aliphatic rings. The Morgan fingerprint density at radius 2 is 2.44 bits per heavy atom. The smallest absolute Gasteiger partial charge is 0.0480 e. The first-order chi connectivity index (χ1) is 4.16. The highest BCUT2D eigenvalue weighted by molar-refractivity contribution is 7.93. The highest BCUT2D eigenvalue weighted by atomic mass is 32.2. The summed E-state index contributed by atoms with van der Waals surface area (Å²) in [6.07, 6.45) is 0.871. The Morgan fingerprint density at radius 1 is 1.78 bits per heavy atom. The molecule has 0 saturated carbocycles. The number of nitrogens with zero attached hydrogens (tertiary/aromatic N) is 1. The van der Waals surface area contributed by atoms with Gasteiger partial charge in [0.15, 0.2) is 0 Å². The molecule has 0 aliphatic carbocycles. The molecular weight excluding hydrogens is 136 g/mol. The highest BCUT2D eigenvalue weighted by Gasteiger charge is 2.22. The SMILES string of the molecule is CN=S1(=O)CCC(N)C1. The van der Waals surface area contributed by atoms with Crippen molar-refractivity contribution in [3.63, 3.8) is 0 Å². The molecule has 1 saturated heterocycles. The summed E-state index contributed by atoms with van der Waals surface area (Å²) in [4.78, 5) is 0. The minimum atomic E-state index is -1.84. The van der Waals surface area contributed by atoms with Gasteiger partial charge in [-0.2, -0.15) is 0 Å². The van der Waals surface area contributed by atoms with Gasteiger partial charge in [-0.3, -0.25) is 0 Å². The van der Waals surface area contributed by atoms with Crippen LogP contribution in [0.25, 0.3) is 0 Å². The maximum atomic E-state index is 11.3. The lowest BCUT2D eigenvalue weighted by molar-refractivity contribution is 0.679. The zero-order valence-electron chi connectivity index (χ0n) is 5.54. The zero-order valence-corrected chi connectivity index (χ0v) is 6.36. The van der Waals surface area contributed by atoms with Crippen LogP contribution in [0.2, 0.25) is 0 Å². The topological polar surface area (TPSA) is 55.5 Å². The quantitative estimate of drug-likeness (QED) is 0.518. The molecule has 0 bridgehead atoms. The fraction of sp³-hybridized carbons (Fsp3) is 1.00. The van der Waals surface area contributed by atoms with Gasteiger partial charge in [0.05, 0.1) is 0 Å². The molecule has 2 unspecified atom stereocenters. The predicted octanol–water partition coefficient (Wildman–Crippen LogP) is -0.185. The molecule has 0 aromatic heterocycles. The van der Waals surface area contributed by atoms with E-state index < -0.39 is 9.73 Å². The summed E-state index contributed by atoms with van der Waals surface area (Å²) >= 11 is 0. The van der Waals surface area contributed by atoms with E-state index in [4.69, 9.17) is 5.73 Å². The van der Waals surface area contributed by atoms with Gasteiger partial charge in [-0.1, -0.05) is 0 Å². The van der Waals surface area contributed by atoms with Crippen molar-refractivity contribution in [2.75, 3.05) is 18.6 Å². The van der Waals surface area contributed by atoms with Crippen LogP contribution in [0.5, 0.6) is 0 Å². The average molecular weight is 148 g/mol. The predicted molar refractivity (Wildman–Crippen MR) is 38.8 cm³/mol. The summed E-state index contributed by atoms with van der Waals surface area (Å²) in [5.41, 5.74) is 5.55. The number of hydrogen-bond acceptors (Lipinski definition) is 3. The summed E-state index contributed by atoms with van der Waals surface area (Å²) in [7, 11) is -0.229. The Bertz CT molecular complexity index is 205. The van der Waals surface area contributed by atoms with Crippen molar-refractivity contribution < 1.29 is 4.21 Å². The monoisotopic (exact) mass is 148 g/mol.